The number of hydrogen-bond donors (Lipinski definition) is 0. The molecule has 1 aliphatic rings. The molecule has 0 aromatic heterocycles. The number of hydrogen-bond acceptors (Lipinski definition) is 1. The van der Waals surface area contributed by atoms with Crippen molar-refractivity contribution in [2.24, 2.45) is 5.92 Å². The molecule has 112 valence electrons. The lowest BCUT2D eigenvalue weighted by molar-refractivity contribution is 0.333. The molecule has 1 nitrogen and oxygen atoms in total. The van der Waals surface area contributed by atoms with E-state index in [0.717, 1.165) is 28.1 Å². The van der Waals surface area contributed by atoms with Gasteiger partial charge in [0.2, 0.25) is 0 Å². The van der Waals surface area contributed by atoms with Crippen LogP contribution in [0.15, 0.2) is 22.7 Å². The summed E-state index contributed by atoms with van der Waals surface area (Å²) in [5, 5.41) is 0.0529. The molecule has 1 saturated carbocycles. The highest BCUT2D eigenvalue weighted by Crippen LogP contribution is 2.39. The van der Waals surface area contributed by atoms with Crippen molar-refractivity contribution in [2.45, 2.75) is 57.2 Å². The van der Waals surface area contributed by atoms with Gasteiger partial charge in [-0.3, -0.25) is 0 Å². The molecule has 0 saturated heterocycles. The lowest BCUT2D eigenvalue weighted by Gasteiger charge is -2.20. The Bertz CT molecular complexity index is 413. The molecule has 20 heavy (non-hydrogen) atoms. The van der Waals surface area contributed by atoms with Gasteiger partial charge in [-0.25, -0.2) is 0 Å². The summed E-state index contributed by atoms with van der Waals surface area (Å²) < 4.78 is 6.79. The van der Waals surface area contributed by atoms with Crippen molar-refractivity contribution in [1.82, 2.24) is 0 Å². The summed E-state index contributed by atoms with van der Waals surface area (Å²) >= 11 is 10.2. The number of alkyl halides is 1. The van der Waals surface area contributed by atoms with E-state index in [1.165, 1.54) is 38.5 Å². The molecular formula is C17H24BrClO. The molecule has 1 aromatic carbocycles. The van der Waals surface area contributed by atoms with Crippen LogP contribution in [0.1, 0.15) is 62.8 Å². The molecule has 1 fully saturated rings. The van der Waals surface area contributed by atoms with Crippen LogP contribution in [0, 0.1) is 5.92 Å². The lowest BCUT2D eigenvalue weighted by Crippen LogP contribution is -2.05. The van der Waals surface area contributed by atoms with Gasteiger partial charge in [-0.15, -0.1) is 11.6 Å². The maximum Gasteiger partial charge on any atom is 0.124 e. The van der Waals surface area contributed by atoms with E-state index < -0.39 is 0 Å². The van der Waals surface area contributed by atoms with Gasteiger partial charge in [-0.05, 0) is 37.5 Å². The van der Waals surface area contributed by atoms with E-state index in [0.29, 0.717) is 6.61 Å². The second-order valence-electron chi connectivity index (χ2n) is 5.68. The molecule has 1 atom stereocenters. The molecule has 0 aliphatic heterocycles. The van der Waals surface area contributed by atoms with Gasteiger partial charge in [0.25, 0.3) is 0 Å². The van der Waals surface area contributed by atoms with E-state index in [9.17, 15) is 0 Å². The van der Waals surface area contributed by atoms with Crippen LogP contribution < -0.4 is 4.74 Å². The van der Waals surface area contributed by atoms with E-state index in [2.05, 4.69) is 22.0 Å². The minimum atomic E-state index is 0.0529. The molecule has 2 rings (SSSR count). The van der Waals surface area contributed by atoms with Gasteiger partial charge in [0.05, 0.1) is 12.0 Å². The highest BCUT2D eigenvalue weighted by Gasteiger charge is 2.20. The predicted octanol–water partition coefficient (Wildman–Crippen LogP) is 6.49. The first kappa shape index (κ1) is 16.2. The Morgan fingerprint density at radius 1 is 1.25 bits per heavy atom. The Morgan fingerprint density at radius 2 is 1.95 bits per heavy atom. The van der Waals surface area contributed by atoms with Crippen molar-refractivity contribution < 1.29 is 4.74 Å². The smallest absolute Gasteiger partial charge is 0.124 e. The number of rotatable bonds is 5. The van der Waals surface area contributed by atoms with Crippen LogP contribution in [0.25, 0.3) is 0 Å². The van der Waals surface area contributed by atoms with Gasteiger partial charge in [0.1, 0.15) is 5.75 Å². The number of halogens is 2. The van der Waals surface area contributed by atoms with Crippen LogP contribution in [0.2, 0.25) is 0 Å². The molecule has 1 aliphatic carbocycles. The minimum Gasteiger partial charge on any atom is -0.494 e. The second-order valence-corrected chi connectivity index (χ2v) is 7.12. The van der Waals surface area contributed by atoms with Crippen molar-refractivity contribution in [3.63, 3.8) is 0 Å². The summed E-state index contributed by atoms with van der Waals surface area (Å²) in [6.45, 7) is 2.70. The zero-order valence-corrected chi connectivity index (χ0v) is 14.5. The van der Waals surface area contributed by atoms with Gasteiger partial charge < -0.3 is 4.74 Å². The zero-order valence-electron chi connectivity index (χ0n) is 12.2. The second kappa shape index (κ2) is 8.29. The first-order chi connectivity index (χ1) is 9.70. The van der Waals surface area contributed by atoms with Gasteiger partial charge in [0, 0.05) is 10.0 Å². The summed E-state index contributed by atoms with van der Waals surface area (Å²) in [7, 11) is 0. The molecule has 1 aromatic rings. The molecule has 0 spiro atoms. The lowest BCUT2D eigenvalue weighted by atomic mass is 9.92. The summed E-state index contributed by atoms with van der Waals surface area (Å²) in [5.41, 5.74) is 1.13. The third-order valence-electron chi connectivity index (χ3n) is 4.12. The van der Waals surface area contributed by atoms with Gasteiger partial charge in [0.15, 0.2) is 0 Å². The highest BCUT2D eigenvalue weighted by atomic mass is 79.9. The van der Waals surface area contributed by atoms with E-state index in [-0.39, 0.29) is 5.38 Å². The Balaban J connectivity index is 2.06. The van der Waals surface area contributed by atoms with Gasteiger partial charge in [-0.1, -0.05) is 54.5 Å². The average Bonchev–Trinajstić information content (AvgIpc) is 2.69. The average molecular weight is 360 g/mol. The minimum absolute atomic E-state index is 0.0529. The van der Waals surface area contributed by atoms with E-state index in [1.54, 1.807) is 0 Å². The normalized spacial score (nSPS) is 18.6. The summed E-state index contributed by atoms with van der Waals surface area (Å²) in [6.07, 6.45) is 9.26. The fourth-order valence-electron chi connectivity index (χ4n) is 3.07. The first-order valence-corrected chi connectivity index (χ1v) is 9.00. The molecule has 0 radical (unpaired) electrons. The third-order valence-corrected chi connectivity index (χ3v) is 5.03. The van der Waals surface area contributed by atoms with Crippen LogP contribution in [-0.2, 0) is 0 Å². The molecular weight excluding hydrogens is 336 g/mol. The molecule has 0 amide bonds. The predicted molar refractivity (Wildman–Crippen MR) is 89.7 cm³/mol. The fourth-order valence-corrected chi connectivity index (χ4v) is 3.87. The summed E-state index contributed by atoms with van der Waals surface area (Å²) in [6, 6.07) is 6.15. The van der Waals surface area contributed by atoms with Crippen LogP contribution >= 0.6 is 27.5 Å². The monoisotopic (exact) mass is 358 g/mol. The topological polar surface area (TPSA) is 9.23 Å². The Kier molecular flexibility index (Phi) is 6.70. The SMILES string of the molecule is CCOc1ccc(Br)cc1C(Cl)CC1CCCCCC1. The Hall–Kier alpha value is -0.210. The van der Waals surface area contributed by atoms with Crippen molar-refractivity contribution in [3.8, 4) is 5.75 Å². The molecule has 0 heterocycles. The van der Waals surface area contributed by atoms with E-state index >= 15 is 0 Å². The molecule has 0 bridgehead atoms. The Labute approximate surface area is 136 Å². The quantitative estimate of drug-likeness (QED) is 0.431. The number of ether oxygens (including phenoxy) is 1. The van der Waals surface area contributed by atoms with Gasteiger partial charge in [-0.2, -0.15) is 0 Å². The van der Waals surface area contributed by atoms with E-state index in [1.807, 2.05) is 19.1 Å². The summed E-state index contributed by atoms with van der Waals surface area (Å²) in [4.78, 5) is 0. The van der Waals surface area contributed by atoms with Crippen molar-refractivity contribution in [1.29, 1.82) is 0 Å². The van der Waals surface area contributed by atoms with Crippen molar-refractivity contribution >= 4 is 27.5 Å². The Morgan fingerprint density at radius 3 is 2.60 bits per heavy atom. The standard InChI is InChI=1S/C17H24BrClO/c1-2-20-17-10-9-14(18)12-15(17)16(19)11-13-7-5-3-4-6-8-13/h9-10,12-13,16H,2-8,11H2,1H3. The molecule has 1 unspecified atom stereocenters. The maximum atomic E-state index is 6.70. The van der Waals surface area contributed by atoms with Gasteiger partial charge >= 0.3 is 0 Å². The van der Waals surface area contributed by atoms with Crippen LogP contribution in [0.5, 0.6) is 5.75 Å². The number of benzene rings is 1. The van der Waals surface area contributed by atoms with Crippen molar-refractivity contribution in [3.05, 3.63) is 28.2 Å². The molecule has 0 N–H and O–H groups in total. The molecule has 3 heteroatoms. The van der Waals surface area contributed by atoms with Crippen LogP contribution in [0.3, 0.4) is 0 Å². The van der Waals surface area contributed by atoms with Crippen LogP contribution in [0.4, 0.5) is 0 Å². The van der Waals surface area contributed by atoms with Crippen molar-refractivity contribution in [2.75, 3.05) is 6.61 Å². The zero-order chi connectivity index (χ0) is 14.4. The van der Waals surface area contributed by atoms with E-state index in [4.69, 9.17) is 16.3 Å². The maximum absolute atomic E-state index is 6.70. The summed E-state index contributed by atoms with van der Waals surface area (Å²) in [5.74, 6) is 1.71. The third kappa shape index (κ3) is 4.66. The highest BCUT2D eigenvalue weighted by molar-refractivity contribution is 9.10. The van der Waals surface area contributed by atoms with Crippen LogP contribution in [-0.4, -0.2) is 6.61 Å². The fraction of sp³-hybridized carbons (Fsp3) is 0.647. The first-order valence-electron chi connectivity index (χ1n) is 7.77. The largest absolute Gasteiger partial charge is 0.494 e.